The normalized spacial score (nSPS) is 17.5. The van der Waals surface area contributed by atoms with Crippen LogP contribution in [0, 0.1) is 0 Å². The van der Waals surface area contributed by atoms with Crippen LogP contribution in [0.1, 0.15) is 74.4 Å². The minimum absolute atomic E-state index is 0.0122. The molecule has 1 atom stereocenters. The van der Waals surface area contributed by atoms with E-state index in [0.29, 0.717) is 5.56 Å². The van der Waals surface area contributed by atoms with Gasteiger partial charge in [-0.2, -0.15) is 0 Å². The van der Waals surface area contributed by atoms with Gasteiger partial charge in [0.1, 0.15) is 11.6 Å². The Kier molecular flexibility index (Phi) is 7.59. The van der Waals surface area contributed by atoms with Gasteiger partial charge in [-0.15, -0.1) is 0 Å². The van der Waals surface area contributed by atoms with E-state index in [1.54, 1.807) is 40.1 Å². The Balaban J connectivity index is 1.80. The lowest BCUT2D eigenvalue weighted by atomic mass is 9.94. The summed E-state index contributed by atoms with van der Waals surface area (Å²) in [5, 5.41) is 0. The lowest BCUT2D eigenvalue weighted by Gasteiger charge is -2.25. The first-order chi connectivity index (χ1) is 16.1. The van der Waals surface area contributed by atoms with Gasteiger partial charge in [0.05, 0.1) is 5.71 Å². The summed E-state index contributed by atoms with van der Waals surface area (Å²) in [5.74, 6) is -1.37. The van der Waals surface area contributed by atoms with Crippen LogP contribution in [0.4, 0.5) is 0 Å². The lowest BCUT2D eigenvalue weighted by molar-refractivity contribution is -0.155. The van der Waals surface area contributed by atoms with Crippen molar-refractivity contribution in [2.24, 2.45) is 16.5 Å². The fourth-order valence-electron chi connectivity index (χ4n) is 4.50. The van der Waals surface area contributed by atoms with Crippen LogP contribution in [0.15, 0.2) is 41.0 Å². The van der Waals surface area contributed by atoms with Crippen molar-refractivity contribution < 1.29 is 19.1 Å². The van der Waals surface area contributed by atoms with E-state index in [2.05, 4.69) is 11.1 Å². The van der Waals surface area contributed by atoms with E-state index < -0.39 is 23.5 Å². The van der Waals surface area contributed by atoms with Crippen LogP contribution < -0.4 is 11.5 Å². The van der Waals surface area contributed by atoms with Crippen LogP contribution in [-0.2, 0) is 20.9 Å². The molecule has 8 nitrogen and oxygen atoms in total. The minimum atomic E-state index is -0.906. The number of hydrogen-bond donors (Lipinski definition) is 2. The van der Waals surface area contributed by atoms with Gasteiger partial charge in [-0.1, -0.05) is 12.1 Å². The number of benzene rings is 1. The van der Waals surface area contributed by atoms with Crippen LogP contribution in [0.3, 0.4) is 0 Å². The number of carbonyl (C=O) groups excluding carboxylic acids is 3. The maximum Gasteiger partial charge on any atom is 0.306 e. The number of aliphatic imine (C=N–C) groups is 1. The molecule has 0 bridgehead atoms. The van der Waals surface area contributed by atoms with E-state index in [1.807, 2.05) is 12.1 Å². The second-order valence-corrected chi connectivity index (χ2v) is 9.62. The summed E-state index contributed by atoms with van der Waals surface area (Å²) in [7, 11) is 1.75. The van der Waals surface area contributed by atoms with Gasteiger partial charge >= 0.3 is 5.97 Å². The van der Waals surface area contributed by atoms with Gasteiger partial charge in [-0.05, 0) is 75.3 Å². The van der Waals surface area contributed by atoms with Gasteiger partial charge in [-0.3, -0.25) is 19.4 Å². The fourth-order valence-corrected chi connectivity index (χ4v) is 4.50. The number of allylic oxidation sites excluding steroid dienone is 3. The molecule has 0 radical (unpaired) electrons. The lowest BCUT2D eigenvalue weighted by Crippen LogP contribution is -2.45. The monoisotopic (exact) mass is 466 g/mol. The molecule has 1 aromatic rings. The molecule has 0 aromatic heterocycles. The van der Waals surface area contributed by atoms with Crippen LogP contribution in [0.2, 0.25) is 0 Å². The maximum absolute atomic E-state index is 13.1. The first kappa shape index (κ1) is 25.2. The molecular formula is C26H34N4O4. The van der Waals surface area contributed by atoms with Crippen molar-refractivity contribution in [3.8, 4) is 0 Å². The molecule has 0 spiro atoms. The molecule has 2 aliphatic rings. The van der Waals surface area contributed by atoms with Crippen LogP contribution in [0.25, 0.3) is 5.57 Å². The molecular weight excluding hydrogens is 432 g/mol. The Labute approximate surface area is 200 Å². The van der Waals surface area contributed by atoms with E-state index >= 15 is 0 Å². The van der Waals surface area contributed by atoms with Crippen molar-refractivity contribution in [3.63, 3.8) is 0 Å². The molecule has 0 fully saturated rings. The summed E-state index contributed by atoms with van der Waals surface area (Å²) in [6.07, 6.45) is 6.90. The second kappa shape index (κ2) is 10.2. The van der Waals surface area contributed by atoms with Gasteiger partial charge < -0.3 is 21.1 Å². The average molecular weight is 467 g/mol. The molecule has 4 N–H and O–H groups in total. The summed E-state index contributed by atoms with van der Waals surface area (Å²) >= 11 is 0. The average Bonchev–Trinajstić information content (AvgIpc) is 3.39. The van der Waals surface area contributed by atoms with E-state index in [0.717, 1.165) is 41.7 Å². The van der Waals surface area contributed by atoms with Crippen molar-refractivity contribution in [2.45, 2.75) is 71.1 Å². The van der Waals surface area contributed by atoms with Crippen molar-refractivity contribution >= 4 is 29.1 Å². The molecule has 0 saturated heterocycles. The molecule has 34 heavy (non-hydrogen) atoms. The molecule has 1 aromatic carbocycles. The summed E-state index contributed by atoms with van der Waals surface area (Å²) in [5.41, 5.74) is 16.0. The number of rotatable bonds is 8. The first-order valence-corrected chi connectivity index (χ1v) is 11.6. The maximum atomic E-state index is 13.1. The van der Waals surface area contributed by atoms with E-state index in [-0.39, 0.29) is 25.3 Å². The molecule has 2 amide bonds. The number of amides is 2. The molecule has 1 aliphatic heterocycles. The van der Waals surface area contributed by atoms with Crippen molar-refractivity contribution in [2.75, 3.05) is 7.05 Å². The number of carbonyl (C=O) groups is 3. The van der Waals surface area contributed by atoms with Gasteiger partial charge in [0.25, 0.3) is 5.91 Å². The van der Waals surface area contributed by atoms with E-state index in [9.17, 15) is 14.4 Å². The highest BCUT2D eigenvalue weighted by Gasteiger charge is 2.36. The summed E-state index contributed by atoms with van der Waals surface area (Å²) in [6, 6.07) is 4.61. The van der Waals surface area contributed by atoms with Gasteiger partial charge in [0.2, 0.25) is 5.91 Å². The second-order valence-electron chi connectivity index (χ2n) is 9.62. The zero-order valence-electron chi connectivity index (χ0n) is 20.4. The highest BCUT2D eigenvalue weighted by Crippen LogP contribution is 2.32. The van der Waals surface area contributed by atoms with E-state index in [1.165, 1.54) is 10.5 Å². The first-order valence-electron chi connectivity index (χ1n) is 11.6. The topological polar surface area (TPSA) is 128 Å². The number of nitrogens with zero attached hydrogens (tertiary/aromatic N) is 2. The minimum Gasteiger partial charge on any atom is -0.460 e. The van der Waals surface area contributed by atoms with Crippen LogP contribution >= 0.6 is 0 Å². The Bertz CT molecular complexity index is 1080. The van der Waals surface area contributed by atoms with Crippen molar-refractivity contribution in [1.29, 1.82) is 0 Å². The Morgan fingerprint density at radius 3 is 2.59 bits per heavy atom. The molecule has 8 heteroatoms. The number of fused-ring (bicyclic) bond motifs is 1. The van der Waals surface area contributed by atoms with Crippen molar-refractivity contribution in [1.82, 2.24) is 4.90 Å². The third kappa shape index (κ3) is 5.55. The zero-order chi connectivity index (χ0) is 25.0. The number of ether oxygens (including phenoxy) is 1. The third-order valence-corrected chi connectivity index (χ3v) is 5.99. The number of primary amides is 1. The van der Waals surface area contributed by atoms with Crippen LogP contribution in [-0.4, -0.2) is 47.1 Å². The SMILES string of the molecule is CN=C(C1=CCCC1)/C(=C\N)c1ccc2c(c1)CN(C(CCC(=O)OC(C)(C)C)C(N)=O)C2=O. The number of nitrogens with two attached hydrogens (primary N) is 2. The van der Waals surface area contributed by atoms with Gasteiger partial charge in [0.15, 0.2) is 0 Å². The van der Waals surface area contributed by atoms with E-state index in [4.69, 9.17) is 16.2 Å². The fraction of sp³-hybridized carbons (Fsp3) is 0.462. The molecule has 1 aliphatic carbocycles. The van der Waals surface area contributed by atoms with Crippen molar-refractivity contribution in [3.05, 3.63) is 52.7 Å². The largest absolute Gasteiger partial charge is 0.460 e. The molecule has 1 unspecified atom stereocenters. The Hall–Kier alpha value is -3.42. The quantitative estimate of drug-likeness (QED) is 0.449. The zero-order valence-corrected chi connectivity index (χ0v) is 20.4. The summed E-state index contributed by atoms with van der Waals surface area (Å²) < 4.78 is 5.32. The van der Waals surface area contributed by atoms with Gasteiger partial charge in [-0.25, -0.2) is 0 Å². The summed E-state index contributed by atoms with van der Waals surface area (Å²) in [4.78, 5) is 43.4. The summed E-state index contributed by atoms with van der Waals surface area (Å²) in [6.45, 7) is 5.55. The van der Waals surface area contributed by atoms with Crippen LogP contribution in [0.5, 0.6) is 0 Å². The smallest absolute Gasteiger partial charge is 0.306 e. The predicted octanol–water partition coefficient (Wildman–Crippen LogP) is 3.10. The Morgan fingerprint density at radius 1 is 1.29 bits per heavy atom. The molecule has 182 valence electrons. The molecule has 3 rings (SSSR count). The molecule has 1 heterocycles. The molecule has 0 saturated carbocycles. The number of esters is 1. The predicted molar refractivity (Wildman–Crippen MR) is 132 cm³/mol. The van der Waals surface area contributed by atoms with Gasteiger partial charge in [0, 0.05) is 37.3 Å². The Morgan fingerprint density at radius 2 is 2.03 bits per heavy atom. The highest BCUT2D eigenvalue weighted by molar-refractivity contribution is 6.31. The standard InChI is InChI=1S/C26H34N4O4/c1-26(2,3)34-22(31)12-11-21(24(28)32)30-15-18-13-17(9-10-19(18)25(30)33)20(14-27)23(29-4)16-7-5-6-8-16/h7,9-10,13-14,21H,5-6,8,11-12,15,27H2,1-4H3,(H2,28,32)/b20-14-,29-23?. The number of hydrogen-bond acceptors (Lipinski definition) is 6. The third-order valence-electron chi connectivity index (χ3n) is 5.99. The highest BCUT2D eigenvalue weighted by atomic mass is 16.6.